The van der Waals surface area contributed by atoms with Crippen molar-refractivity contribution in [3.05, 3.63) is 0 Å². The maximum Gasteiger partial charge on any atom is 0.225 e. The monoisotopic (exact) mass is 179 g/mol. The number of nitrogens with one attached hydrogen (secondary N) is 2. The Labute approximate surface area is 66.4 Å². The number of nitrogens with two attached hydrogens (primary N) is 1. The molecule has 0 aromatic heterocycles. The second kappa shape index (κ2) is 3.48. The molecule has 0 saturated carbocycles. The molecule has 0 spiro atoms. The van der Waals surface area contributed by atoms with Crippen molar-refractivity contribution in [3.8, 4) is 0 Å². The van der Waals surface area contributed by atoms with Crippen LogP contribution in [0.4, 0.5) is 0 Å². The first-order valence-corrected chi connectivity index (χ1v) is 5.17. The van der Waals surface area contributed by atoms with Crippen LogP contribution < -0.4 is 15.8 Å². The van der Waals surface area contributed by atoms with Crippen LogP contribution >= 0.6 is 0 Å². The standard InChI is InChI=1S/C5H13N3O2S/c6-11(9,10)5-2-1-3-7-4-8-5/h5,7-8H,1-4H2,(H2,6,9,10). The van der Waals surface area contributed by atoms with Crippen molar-refractivity contribution in [2.75, 3.05) is 13.2 Å². The molecule has 1 aliphatic rings. The van der Waals surface area contributed by atoms with E-state index in [9.17, 15) is 8.42 Å². The molecular formula is C5H13N3O2S. The van der Waals surface area contributed by atoms with Crippen LogP contribution in [0.1, 0.15) is 12.8 Å². The van der Waals surface area contributed by atoms with Crippen LogP contribution in [0.2, 0.25) is 0 Å². The summed E-state index contributed by atoms with van der Waals surface area (Å²) in [6.07, 6.45) is 1.43. The SMILES string of the molecule is NS(=O)(=O)C1CCCNCN1. The lowest BCUT2D eigenvalue weighted by Gasteiger charge is -2.11. The molecule has 1 unspecified atom stereocenters. The van der Waals surface area contributed by atoms with Crippen molar-refractivity contribution >= 4 is 10.0 Å². The lowest BCUT2D eigenvalue weighted by atomic mass is 10.3. The molecule has 66 valence electrons. The van der Waals surface area contributed by atoms with E-state index in [0.29, 0.717) is 13.1 Å². The zero-order chi connectivity index (χ0) is 8.32. The Hall–Kier alpha value is -0.170. The van der Waals surface area contributed by atoms with Crippen LogP contribution in [-0.4, -0.2) is 27.0 Å². The van der Waals surface area contributed by atoms with E-state index in [-0.39, 0.29) is 0 Å². The maximum absolute atomic E-state index is 10.8. The molecule has 1 rings (SSSR count). The van der Waals surface area contributed by atoms with E-state index in [1.165, 1.54) is 0 Å². The summed E-state index contributed by atoms with van der Waals surface area (Å²) in [4.78, 5) is 0. The van der Waals surface area contributed by atoms with Crippen molar-refractivity contribution in [1.29, 1.82) is 0 Å². The molecule has 0 aromatic carbocycles. The Balaban J connectivity index is 2.57. The fraction of sp³-hybridized carbons (Fsp3) is 1.00. The number of hydrogen-bond donors (Lipinski definition) is 3. The summed E-state index contributed by atoms with van der Waals surface area (Å²) in [5.74, 6) is 0. The highest BCUT2D eigenvalue weighted by Gasteiger charge is 2.21. The number of rotatable bonds is 1. The molecule has 0 amide bonds. The Kier molecular flexibility index (Phi) is 2.83. The van der Waals surface area contributed by atoms with Crippen LogP contribution in [0.5, 0.6) is 0 Å². The molecule has 4 N–H and O–H groups in total. The molecule has 0 aliphatic carbocycles. The van der Waals surface area contributed by atoms with E-state index < -0.39 is 15.4 Å². The van der Waals surface area contributed by atoms with Gasteiger partial charge in [-0.3, -0.25) is 5.32 Å². The largest absolute Gasteiger partial charge is 0.304 e. The van der Waals surface area contributed by atoms with Crippen LogP contribution in [0.15, 0.2) is 0 Å². The maximum atomic E-state index is 10.8. The first-order chi connectivity index (χ1) is 5.11. The molecule has 6 heteroatoms. The number of sulfonamides is 1. The highest BCUT2D eigenvalue weighted by Crippen LogP contribution is 2.02. The highest BCUT2D eigenvalue weighted by atomic mass is 32.2. The van der Waals surface area contributed by atoms with E-state index >= 15 is 0 Å². The molecule has 11 heavy (non-hydrogen) atoms. The van der Waals surface area contributed by atoms with Gasteiger partial charge in [-0.2, -0.15) is 0 Å². The van der Waals surface area contributed by atoms with Crippen molar-refractivity contribution in [3.63, 3.8) is 0 Å². The second-order valence-electron chi connectivity index (χ2n) is 2.60. The third kappa shape index (κ3) is 2.74. The van der Waals surface area contributed by atoms with Crippen molar-refractivity contribution in [2.24, 2.45) is 5.14 Å². The highest BCUT2D eigenvalue weighted by molar-refractivity contribution is 7.89. The van der Waals surface area contributed by atoms with Gasteiger partial charge in [0.25, 0.3) is 0 Å². The molecule has 1 saturated heterocycles. The smallest absolute Gasteiger partial charge is 0.225 e. The summed E-state index contributed by atoms with van der Waals surface area (Å²) in [5, 5.41) is 10.2. The quantitative estimate of drug-likeness (QED) is 0.459. The summed E-state index contributed by atoms with van der Waals surface area (Å²) >= 11 is 0. The zero-order valence-electron chi connectivity index (χ0n) is 6.21. The van der Waals surface area contributed by atoms with Gasteiger partial charge in [0.1, 0.15) is 5.37 Å². The first kappa shape index (κ1) is 8.92. The minimum absolute atomic E-state index is 0.515. The summed E-state index contributed by atoms with van der Waals surface area (Å²) in [7, 11) is -3.40. The summed E-state index contributed by atoms with van der Waals surface area (Å²) in [5.41, 5.74) is 0. The molecule has 0 bridgehead atoms. The molecule has 0 aromatic rings. The number of primary sulfonamides is 1. The van der Waals surface area contributed by atoms with E-state index in [1.54, 1.807) is 0 Å². The van der Waals surface area contributed by atoms with Gasteiger partial charge >= 0.3 is 0 Å². The topological polar surface area (TPSA) is 84.2 Å². The predicted octanol–water partition coefficient (Wildman–Crippen LogP) is -1.47. The van der Waals surface area contributed by atoms with Gasteiger partial charge in [-0.05, 0) is 19.4 Å². The van der Waals surface area contributed by atoms with Crippen molar-refractivity contribution in [1.82, 2.24) is 10.6 Å². The summed E-state index contributed by atoms with van der Waals surface area (Å²) < 4.78 is 21.7. The Morgan fingerprint density at radius 1 is 1.45 bits per heavy atom. The van der Waals surface area contributed by atoms with Gasteiger partial charge in [-0.25, -0.2) is 13.6 Å². The van der Waals surface area contributed by atoms with Gasteiger partial charge in [0.15, 0.2) is 0 Å². The van der Waals surface area contributed by atoms with E-state index in [4.69, 9.17) is 5.14 Å². The fourth-order valence-corrected chi connectivity index (χ4v) is 1.88. The number of hydrogen-bond acceptors (Lipinski definition) is 4. The molecule has 1 atom stereocenters. The third-order valence-corrected chi connectivity index (χ3v) is 2.87. The van der Waals surface area contributed by atoms with Crippen LogP contribution in [-0.2, 0) is 10.0 Å². The van der Waals surface area contributed by atoms with Crippen molar-refractivity contribution < 1.29 is 8.42 Å². The average Bonchev–Trinajstić information content (AvgIpc) is 2.10. The molecule has 5 nitrogen and oxygen atoms in total. The lowest BCUT2D eigenvalue weighted by Crippen LogP contribution is -2.42. The van der Waals surface area contributed by atoms with Gasteiger partial charge in [-0.1, -0.05) is 0 Å². The molecule has 1 aliphatic heterocycles. The molecule has 0 radical (unpaired) electrons. The van der Waals surface area contributed by atoms with E-state index in [2.05, 4.69) is 10.6 Å². The molecule has 1 fully saturated rings. The normalized spacial score (nSPS) is 27.9. The minimum atomic E-state index is -3.40. The summed E-state index contributed by atoms with van der Waals surface area (Å²) in [6.45, 7) is 1.36. The van der Waals surface area contributed by atoms with Crippen LogP contribution in [0.3, 0.4) is 0 Å². The fourth-order valence-electron chi connectivity index (χ4n) is 1.07. The van der Waals surface area contributed by atoms with E-state index in [0.717, 1.165) is 13.0 Å². The zero-order valence-corrected chi connectivity index (χ0v) is 7.02. The van der Waals surface area contributed by atoms with Gasteiger partial charge in [0, 0.05) is 6.67 Å². The van der Waals surface area contributed by atoms with Gasteiger partial charge < -0.3 is 5.32 Å². The average molecular weight is 179 g/mol. The predicted molar refractivity (Wildman–Crippen MR) is 42.1 cm³/mol. The first-order valence-electron chi connectivity index (χ1n) is 3.56. The Morgan fingerprint density at radius 2 is 2.18 bits per heavy atom. The molecule has 1 heterocycles. The van der Waals surface area contributed by atoms with Crippen LogP contribution in [0.25, 0.3) is 0 Å². The van der Waals surface area contributed by atoms with Gasteiger partial charge in [-0.15, -0.1) is 0 Å². The Bertz CT molecular complexity index is 206. The van der Waals surface area contributed by atoms with Gasteiger partial charge in [0.2, 0.25) is 10.0 Å². The van der Waals surface area contributed by atoms with Gasteiger partial charge in [0.05, 0.1) is 0 Å². The third-order valence-electron chi connectivity index (χ3n) is 1.67. The lowest BCUT2D eigenvalue weighted by molar-refractivity contribution is 0.543. The molecular weight excluding hydrogens is 166 g/mol. The minimum Gasteiger partial charge on any atom is -0.304 e. The summed E-state index contributed by atoms with van der Waals surface area (Å²) in [6, 6.07) is 0. The second-order valence-corrected chi connectivity index (χ2v) is 4.35. The van der Waals surface area contributed by atoms with Crippen LogP contribution in [0, 0.1) is 0 Å². The van der Waals surface area contributed by atoms with E-state index in [1.807, 2.05) is 0 Å². The Morgan fingerprint density at radius 3 is 2.82 bits per heavy atom. The van der Waals surface area contributed by atoms with Crippen molar-refractivity contribution in [2.45, 2.75) is 18.2 Å².